The second-order valence-corrected chi connectivity index (χ2v) is 6.67. The number of benzene rings is 1. The minimum atomic E-state index is 0.0436. The minimum absolute atomic E-state index is 0.0436. The number of hydrogen-bond donors (Lipinski definition) is 0. The number of aromatic nitrogens is 1. The number of carbonyl (C=O) groups excluding carboxylic acids is 1. The number of methoxy groups -OCH3 is 1. The third-order valence-corrected chi connectivity index (χ3v) is 4.84. The van der Waals surface area contributed by atoms with Crippen LogP contribution in [-0.2, 0) is 4.74 Å². The van der Waals surface area contributed by atoms with Crippen LogP contribution in [-0.4, -0.2) is 48.7 Å². The largest absolute Gasteiger partial charge is 0.497 e. The first kappa shape index (κ1) is 15.4. The van der Waals surface area contributed by atoms with Crippen molar-refractivity contribution in [2.45, 2.75) is 25.3 Å². The minimum Gasteiger partial charge on any atom is -0.497 e. The fourth-order valence-electron chi connectivity index (χ4n) is 3.29. The summed E-state index contributed by atoms with van der Waals surface area (Å²) in [6, 6.07) is 9.86. The molecule has 2 fully saturated rings. The van der Waals surface area contributed by atoms with Gasteiger partial charge in [0.2, 0.25) is 0 Å². The number of nitrogens with zero attached hydrogens (tertiary/aromatic N) is 2. The van der Waals surface area contributed by atoms with E-state index < -0.39 is 0 Å². The van der Waals surface area contributed by atoms with E-state index in [1.54, 1.807) is 7.11 Å². The Hall–Kier alpha value is -2.14. The van der Waals surface area contributed by atoms with E-state index in [2.05, 4.69) is 4.98 Å². The molecule has 0 radical (unpaired) electrons. The first-order chi connectivity index (χ1) is 11.7. The van der Waals surface area contributed by atoms with E-state index >= 15 is 0 Å². The van der Waals surface area contributed by atoms with Crippen LogP contribution in [0.15, 0.2) is 30.3 Å². The maximum absolute atomic E-state index is 13.0. The smallest absolute Gasteiger partial charge is 0.272 e. The Balaban J connectivity index is 1.58. The van der Waals surface area contributed by atoms with Gasteiger partial charge in [-0.1, -0.05) is 6.07 Å². The van der Waals surface area contributed by atoms with Gasteiger partial charge in [-0.15, -0.1) is 0 Å². The van der Waals surface area contributed by atoms with Crippen molar-refractivity contribution in [2.75, 3.05) is 26.9 Å². The molecule has 1 aliphatic carbocycles. The van der Waals surface area contributed by atoms with Crippen LogP contribution in [0.2, 0.25) is 0 Å². The number of fused-ring (bicyclic) bond motifs is 1. The predicted molar refractivity (Wildman–Crippen MR) is 91.3 cm³/mol. The van der Waals surface area contributed by atoms with Crippen molar-refractivity contribution in [3.63, 3.8) is 0 Å². The molecule has 2 heterocycles. The topological polar surface area (TPSA) is 51.7 Å². The van der Waals surface area contributed by atoms with Crippen molar-refractivity contribution >= 4 is 16.8 Å². The molecular weight excluding hydrogens is 304 g/mol. The molecule has 2 aliphatic rings. The highest BCUT2D eigenvalue weighted by Gasteiger charge is 2.35. The lowest BCUT2D eigenvalue weighted by molar-refractivity contribution is 0.0700. The summed E-state index contributed by atoms with van der Waals surface area (Å²) in [6.45, 7) is 2.36. The summed E-state index contributed by atoms with van der Waals surface area (Å²) in [6.07, 6.45) is 3.25. The maximum Gasteiger partial charge on any atom is 0.272 e. The highest BCUT2D eigenvalue weighted by molar-refractivity contribution is 5.95. The second kappa shape index (κ2) is 6.40. The predicted octanol–water partition coefficient (Wildman–Crippen LogP) is 2.88. The average Bonchev–Trinajstić information content (AvgIpc) is 3.34. The van der Waals surface area contributed by atoms with E-state index in [4.69, 9.17) is 9.47 Å². The van der Waals surface area contributed by atoms with E-state index in [-0.39, 0.29) is 5.91 Å². The molecule has 0 N–H and O–H groups in total. The zero-order valence-electron chi connectivity index (χ0n) is 13.9. The third-order valence-electron chi connectivity index (χ3n) is 4.84. The molecule has 1 atom stereocenters. The Morgan fingerprint density at radius 2 is 2.17 bits per heavy atom. The van der Waals surface area contributed by atoms with Gasteiger partial charge in [-0.2, -0.15) is 0 Å². The fourth-order valence-corrected chi connectivity index (χ4v) is 3.29. The molecule has 0 bridgehead atoms. The summed E-state index contributed by atoms with van der Waals surface area (Å²) in [7, 11) is 1.65. The zero-order chi connectivity index (χ0) is 16.5. The van der Waals surface area contributed by atoms with Crippen molar-refractivity contribution in [3.8, 4) is 5.75 Å². The van der Waals surface area contributed by atoms with E-state index in [0.717, 1.165) is 55.7 Å². The van der Waals surface area contributed by atoms with Gasteiger partial charge in [0, 0.05) is 30.5 Å². The zero-order valence-corrected chi connectivity index (χ0v) is 13.9. The van der Waals surface area contributed by atoms with Crippen LogP contribution in [0.1, 0.15) is 29.8 Å². The van der Waals surface area contributed by atoms with Gasteiger partial charge < -0.3 is 14.4 Å². The molecule has 0 unspecified atom stereocenters. The van der Waals surface area contributed by atoms with Gasteiger partial charge in [-0.05, 0) is 43.5 Å². The van der Waals surface area contributed by atoms with Gasteiger partial charge in [0.25, 0.3) is 5.91 Å². The SMILES string of the molecule is COc1ccc2nc(C(=O)N(C[C@H]3CCOC3)C3CC3)ccc2c1. The van der Waals surface area contributed by atoms with E-state index in [0.29, 0.717) is 17.7 Å². The number of ether oxygens (including phenoxy) is 2. The van der Waals surface area contributed by atoms with Gasteiger partial charge in [0.1, 0.15) is 11.4 Å². The summed E-state index contributed by atoms with van der Waals surface area (Å²) in [5.74, 6) is 1.30. The van der Waals surface area contributed by atoms with Crippen LogP contribution in [0.25, 0.3) is 10.9 Å². The van der Waals surface area contributed by atoms with Crippen molar-refractivity contribution in [2.24, 2.45) is 5.92 Å². The van der Waals surface area contributed by atoms with Crippen molar-refractivity contribution in [3.05, 3.63) is 36.0 Å². The Kier molecular flexibility index (Phi) is 4.10. The molecule has 1 aromatic carbocycles. The first-order valence-corrected chi connectivity index (χ1v) is 8.58. The first-order valence-electron chi connectivity index (χ1n) is 8.58. The molecule has 1 amide bonds. The Morgan fingerprint density at radius 1 is 1.29 bits per heavy atom. The maximum atomic E-state index is 13.0. The number of pyridine rings is 1. The summed E-state index contributed by atoms with van der Waals surface area (Å²) in [5.41, 5.74) is 1.35. The van der Waals surface area contributed by atoms with Crippen LogP contribution < -0.4 is 4.74 Å². The normalized spacial score (nSPS) is 20.3. The number of rotatable bonds is 5. The molecule has 24 heavy (non-hydrogen) atoms. The highest BCUT2D eigenvalue weighted by atomic mass is 16.5. The van der Waals surface area contributed by atoms with Gasteiger partial charge in [-0.25, -0.2) is 4.98 Å². The highest BCUT2D eigenvalue weighted by Crippen LogP contribution is 2.30. The monoisotopic (exact) mass is 326 g/mol. The second-order valence-electron chi connectivity index (χ2n) is 6.67. The summed E-state index contributed by atoms with van der Waals surface area (Å²) >= 11 is 0. The Bertz CT molecular complexity index is 751. The molecule has 5 heteroatoms. The van der Waals surface area contributed by atoms with Gasteiger partial charge in [0.05, 0.1) is 19.2 Å². The Morgan fingerprint density at radius 3 is 2.88 bits per heavy atom. The van der Waals surface area contributed by atoms with Crippen LogP contribution in [0.4, 0.5) is 0 Å². The lowest BCUT2D eigenvalue weighted by atomic mass is 10.1. The summed E-state index contributed by atoms with van der Waals surface area (Å²) in [4.78, 5) is 19.6. The lowest BCUT2D eigenvalue weighted by Gasteiger charge is -2.25. The number of amides is 1. The third kappa shape index (κ3) is 3.08. The molecule has 1 saturated heterocycles. The van der Waals surface area contributed by atoms with Crippen LogP contribution in [0.3, 0.4) is 0 Å². The molecule has 1 saturated carbocycles. The molecule has 1 aliphatic heterocycles. The molecule has 5 nitrogen and oxygen atoms in total. The van der Waals surface area contributed by atoms with Crippen molar-refractivity contribution < 1.29 is 14.3 Å². The standard InChI is InChI=1S/C19H22N2O3/c1-23-16-5-7-17-14(10-16)2-6-18(20-17)19(22)21(15-3-4-15)11-13-8-9-24-12-13/h2,5-7,10,13,15H,3-4,8-9,11-12H2,1H3/t13-/m1/s1. The van der Waals surface area contributed by atoms with Crippen LogP contribution in [0.5, 0.6) is 5.75 Å². The van der Waals surface area contributed by atoms with E-state index in [1.807, 2.05) is 35.2 Å². The molecule has 0 spiro atoms. The summed E-state index contributed by atoms with van der Waals surface area (Å²) < 4.78 is 10.7. The van der Waals surface area contributed by atoms with Crippen molar-refractivity contribution in [1.82, 2.24) is 9.88 Å². The molecule has 126 valence electrons. The van der Waals surface area contributed by atoms with Crippen molar-refractivity contribution in [1.29, 1.82) is 0 Å². The van der Waals surface area contributed by atoms with E-state index in [1.165, 1.54) is 0 Å². The molecule has 4 rings (SSSR count). The number of hydrogen-bond acceptors (Lipinski definition) is 4. The van der Waals surface area contributed by atoms with Gasteiger partial charge >= 0.3 is 0 Å². The van der Waals surface area contributed by atoms with Crippen LogP contribution in [0, 0.1) is 5.92 Å². The summed E-state index contributed by atoms with van der Waals surface area (Å²) in [5, 5.41) is 0.980. The molecule has 2 aromatic rings. The molecule has 1 aromatic heterocycles. The van der Waals surface area contributed by atoms with E-state index in [9.17, 15) is 4.79 Å². The van der Waals surface area contributed by atoms with Gasteiger partial charge in [-0.3, -0.25) is 4.79 Å². The quantitative estimate of drug-likeness (QED) is 0.848. The average molecular weight is 326 g/mol. The fraction of sp³-hybridized carbons (Fsp3) is 0.474. The Labute approximate surface area is 141 Å². The number of carbonyl (C=O) groups is 1. The van der Waals surface area contributed by atoms with Crippen LogP contribution >= 0.6 is 0 Å². The lowest BCUT2D eigenvalue weighted by Crippen LogP contribution is -2.37. The molecular formula is C19H22N2O3. The van der Waals surface area contributed by atoms with Gasteiger partial charge in [0.15, 0.2) is 0 Å².